The maximum absolute atomic E-state index is 4.94. The lowest BCUT2D eigenvalue weighted by Crippen LogP contribution is -2.49. The Morgan fingerprint density at radius 2 is 2.15 bits per heavy atom. The van der Waals surface area contributed by atoms with Crippen molar-refractivity contribution in [2.75, 3.05) is 43.4 Å². The Bertz CT molecular complexity index is 598. The second-order valence-electron chi connectivity index (χ2n) is 7.49. The quantitative estimate of drug-likeness (QED) is 0.632. The summed E-state index contributed by atoms with van der Waals surface area (Å²) in [5.41, 5.74) is 1.24. The average Bonchev–Trinajstić information content (AvgIpc) is 3.20. The number of aliphatic imine (C=N–C) groups is 1. The zero-order valence-corrected chi connectivity index (χ0v) is 17.3. The Balaban J connectivity index is 1.68. The first-order chi connectivity index (χ1) is 12.7. The first kappa shape index (κ1) is 19.3. The molecule has 0 aromatic carbocycles. The minimum Gasteiger partial charge on any atom is -0.357 e. The molecule has 1 atom stereocenters. The zero-order valence-electron chi connectivity index (χ0n) is 16.4. The number of rotatable bonds is 5. The van der Waals surface area contributed by atoms with E-state index in [-0.39, 0.29) is 0 Å². The van der Waals surface area contributed by atoms with E-state index in [1.165, 1.54) is 24.2 Å². The van der Waals surface area contributed by atoms with E-state index in [9.17, 15) is 0 Å². The summed E-state index contributed by atoms with van der Waals surface area (Å²) < 4.78 is 0. The molecular formula is C20H33N5S. The van der Waals surface area contributed by atoms with Gasteiger partial charge in [0.2, 0.25) is 0 Å². The molecule has 2 aliphatic rings. The van der Waals surface area contributed by atoms with E-state index in [1.807, 2.05) is 6.20 Å². The van der Waals surface area contributed by atoms with Crippen molar-refractivity contribution >= 4 is 23.5 Å². The van der Waals surface area contributed by atoms with Crippen LogP contribution in [0.5, 0.6) is 0 Å². The minimum atomic E-state index is 0.690. The number of pyridine rings is 1. The van der Waals surface area contributed by atoms with Gasteiger partial charge in [0.05, 0.1) is 6.54 Å². The van der Waals surface area contributed by atoms with Crippen molar-refractivity contribution in [2.45, 2.75) is 45.4 Å². The number of aromatic nitrogens is 1. The van der Waals surface area contributed by atoms with Crippen molar-refractivity contribution in [1.82, 2.24) is 15.2 Å². The predicted octanol–water partition coefficient (Wildman–Crippen LogP) is 3.22. The van der Waals surface area contributed by atoms with Crippen molar-refractivity contribution in [3.05, 3.63) is 23.9 Å². The number of hydrogen-bond donors (Lipinski definition) is 1. The predicted molar refractivity (Wildman–Crippen MR) is 113 cm³/mol. The zero-order chi connectivity index (χ0) is 18.4. The van der Waals surface area contributed by atoms with E-state index < -0.39 is 0 Å². The Labute approximate surface area is 162 Å². The molecule has 26 heavy (non-hydrogen) atoms. The van der Waals surface area contributed by atoms with Crippen LogP contribution in [0.2, 0.25) is 0 Å². The number of guanidine groups is 1. The number of nitrogens with one attached hydrogen (secondary N) is 1. The Kier molecular flexibility index (Phi) is 7.06. The van der Waals surface area contributed by atoms with Crippen LogP contribution in [-0.2, 0) is 6.54 Å². The molecule has 1 N–H and O–H groups in total. The van der Waals surface area contributed by atoms with Gasteiger partial charge in [-0.3, -0.25) is 0 Å². The molecule has 3 rings (SSSR count). The average molecular weight is 376 g/mol. The van der Waals surface area contributed by atoms with Crippen LogP contribution in [0.1, 0.15) is 39.2 Å². The molecule has 2 fully saturated rings. The minimum absolute atomic E-state index is 0.690. The summed E-state index contributed by atoms with van der Waals surface area (Å²) in [4.78, 5) is 14.3. The van der Waals surface area contributed by atoms with Crippen molar-refractivity contribution in [3.63, 3.8) is 0 Å². The van der Waals surface area contributed by atoms with E-state index in [0.717, 1.165) is 44.5 Å². The summed E-state index contributed by atoms with van der Waals surface area (Å²) >= 11 is 2.10. The van der Waals surface area contributed by atoms with Gasteiger partial charge in [0.25, 0.3) is 0 Å². The van der Waals surface area contributed by atoms with Crippen LogP contribution < -0.4 is 10.2 Å². The molecule has 2 aliphatic heterocycles. The second-order valence-corrected chi connectivity index (χ2v) is 8.83. The number of anilines is 1. The fourth-order valence-electron chi connectivity index (χ4n) is 3.54. The second kappa shape index (κ2) is 9.49. The molecule has 0 spiro atoms. The third-order valence-electron chi connectivity index (χ3n) is 5.12. The Morgan fingerprint density at radius 3 is 2.88 bits per heavy atom. The summed E-state index contributed by atoms with van der Waals surface area (Å²) in [6, 6.07) is 4.30. The molecule has 0 bridgehead atoms. The van der Waals surface area contributed by atoms with E-state index in [0.29, 0.717) is 17.7 Å². The lowest BCUT2D eigenvalue weighted by atomic mass is 10.1. The monoisotopic (exact) mass is 375 g/mol. The Morgan fingerprint density at radius 1 is 1.35 bits per heavy atom. The van der Waals surface area contributed by atoms with Gasteiger partial charge < -0.3 is 15.1 Å². The van der Waals surface area contributed by atoms with E-state index in [1.54, 1.807) is 0 Å². The molecule has 5 nitrogen and oxygen atoms in total. The van der Waals surface area contributed by atoms with Gasteiger partial charge in [-0.2, -0.15) is 11.8 Å². The van der Waals surface area contributed by atoms with E-state index in [2.05, 4.69) is 64.8 Å². The summed E-state index contributed by atoms with van der Waals surface area (Å²) in [5.74, 6) is 4.04. The van der Waals surface area contributed by atoms with Crippen LogP contribution >= 0.6 is 11.8 Å². The highest BCUT2D eigenvalue weighted by Crippen LogP contribution is 2.25. The molecule has 144 valence electrons. The first-order valence-corrected chi connectivity index (χ1v) is 11.1. The van der Waals surface area contributed by atoms with Crippen LogP contribution in [0.25, 0.3) is 0 Å². The summed E-state index contributed by atoms with van der Waals surface area (Å²) in [6.07, 6.45) is 4.48. The van der Waals surface area contributed by atoms with Gasteiger partial charge in [-0.1, -0.05) is 13.8 Å². The van der Waals surface area contributed by atoms with Gasteiger partial charge >= 0.3 is 0 Å². The van der Waals surface area contributed by atoms with Gasteiger partial charge in [-0.05, 0) is 43.4 Å². The molecule has 0 amide bonds. The largest absolute Gasteiger partial charge is 0.357 e. The van der Waals surface area contributed by atoms with Crippen molar-refractivity contribution < 1.29 is 0 Å². The third kappa shape index (κ3) is 5.06. The van der Waals surface area contributed by atoms with Crippen LogP contribution in [0, 0.1) is 5.92 Å². The summed E-state index contributed by atoms with van der Waals surface area (Å²) in [5, 5.41) is 4.18. The Hall–Kier alpha value is -1.43. The molecule has 0 aliphatic carbocycles. The highest BCUT2D eigenvalue weighted by atomic mass is 32.2. The summed E-state index contributed by atoms with van der Waals surface area (Å²) in [7, 11) is 0. The van der Waals surface area contributed by atoms with Crippen LogP contribution in [-0.4, -0.2) is 59.6 Å². The fraction of sp³-hybridized carbons (Fsp3) is 0.700. The highest BCUT2D eigenvalue weighted by molar-refractivity contribution is 8.00. The molecule has 1 unspecified atom stereocenters. The van der Waals surface area contributed by atoms with Gasteiger partial charge in [0.15, 0.2) is 5.96 Å². The van der Waals surface area contributed by atoms with Gasteiger partial charge in [0, 0.05) is 49.9 Å². The van der Waals surface area contributed by atoms with Crippen molar-refractivity contribution in [2.24, 2.45) is 10.9 Å². The normalized spacial score (nSPS) is 21.5. The van der Waals surface area contributed by atoms with Crippen LogP contribution in [0.4, 0.5) is 5.82 Å². The third-order valence-corrected chi connectivity index (χ3v) is 6.66. The molecule has 0 radical (unpaired) electrons. The molecule has 6 heteroatoms. The maximum atomic E-state index is 4.94. The van der Waals surface area contributed by atoms with Gasteiger partial charge in [0.1, 0.15) is 5.82 Å². The maximum Gasteiger partial charge on any atom is 0.194 e. The standard InChI is InChI=1S/C20H33N5S/c1-4-21-20(25-11-12-26-18(15-25)16(2)3)23-14-17-7-8-22-19(13-17)24-9-5-6-10-24/h7-8,13,16,18H,4-6,9-12,14-15H2,1-3H3,(H,21,23). The summed E-state index contributed by atoms with van der Waals surface area (Å²) in [6.45, 7) is 12.8. The highest BCUT2D eigenvalue weighted by Gasteiger charge is 2.24. The van der Waals surface area contributed by atoms with Crippen molar-refractivity contribution in [1.29, 1.82) is 0 Å². The van der Waals surface area contributed by atoms with Crippen LogP contribution in [0.3, 0.4) is 0 Å². The fourth-order valence-corrected chi connectivity index (χ4v) is 4.84. The molecule has 2 saturated heterocycles. The molecule has 3 heterocycles. The lowest BCUT2D eigenvalue weighted by Gasteiger charge is -2.36. The molecule has 1 aromatic heterocycles. The SMILES string of the molecule is CCNC(=NCc1ccnc(N2CCCC2)c1)N1CCSC(C(C)C)C1. The van der Waals surface area contributed by atoms with Gasteiger partial charge in [-0.15, -0.1) is 0 Å². The lowest BCUT2D eigenvalue weighted by molar-refractivity contribution is 0.381. The smallest absolute Gasteiger partial charge is 0.194 e. The first-order valence-electron chi connectivity index (χ1n) is 10.0. The van der Waals surface area contributed by atoms with Crippen LogP contribution in [0.15, 0.2) is 23.3 Å². The number of nitrogens with zero attached hydrogens (tertiary/aromatic N) is 4. The van der Waals surface area contributed by atoms with E-state index >= 15 is 0 Å². The molecule has 0 saturated carbocycles. The molecular weight excluding hydrogens is 342 g/mol. The number of hydrogen-bond acceptors (Lipinski definition) is 4. The molecule has 1 aromatic rings. The van der Waals surface area contributed by atoms with Crippen molar-refractivity contribution in [3.8, 4) is 0 Å². The topological polar surface area (TPSA) is 43.8 Å². The van der Waals surface area contributed by atoms with Gasteiger partial charge in [-0.25, -0.2) is 9.98 Å². The van der Waals surface area contributed by atoms with E-state index in [4.69, 9.17) is 4.99 Å². The number of thioether (sulfide) groups is 1.